The number of furan rings is 1. The lowest BCUT2D eigenvalue weighted by atomic mass is 9.73. The van der Waals surface area contributed by atoms with Crippen LogP contribution in [0.5, 0.6) is 0 Å². The van der Waals surface area contributed by atoms with Crippen molar-refractivity contribution < 1.29 is 4.42 Å². The molecule has 8 aromatic carbocycles. The van der Waals surface area contributed by atoms with Crippen LogP contribution in [-0.2, 0) is 10.8 Å². The Morgan fingerprint density at radius 2 is 1.09 bits per heavy atom. The minimum atomic E-state index is -0.209. The van der Waals surface area contributed by atoms with Crippen LogP contribution in [0, 0.1) is 0 Å². The molecule has 0 unspecified atom stereocenters. The van der Waals surface area contributed by atoms with E-state index in [-0.39, 0.29) is 10.8 Å². The second-order valence-electron chi connectivity index (χ2n) is 16.6. The quantitative estimate of drug-likeness (QED) is 0.176. The van der Waals surface area contributed by atoms with Crippen LogP contribution in [0.25, 0.3) is 44.2 Å². The van der Waals surface area contributed by atoms with Gasteiger partial charge in [0.25, 0.3) is 0 Å². The molecule has 0 atom stereocenters. The van der Waals surface area contributed by atoms with E-state index < -0.39 is 0 Å². The molecule has 3 nitrogen and oxygen atoms in total. The first-order chi connectivity index (χ1) is 27.8. The number of rotatable bonds is 5. The molecule has 0 spiro atoms. The molecule has 3 heteroatoms. The summed E-state index contributed by atoms with van der Waals surface area (Å²) in [5, 5.41) is 2.26. The Bertz CT molecular complexity index is 3010. The van der Waals surface area contributed by atoms with Gasteiger partial charge in [-0.25, -0.2) is 0 Å². The standard InChI is InChI=1S/C54H42N2O/c1-53(2)44-24-14-15-25-46(44)56(38-19-9-6-10-20-38)47-32-29-36(33-45(47)53)35-27-30-39(31-28-35)55(37-17-7-5-8-18-37)48-34-42-40-21-11-13-23-43(40)54(3,4)51(42)52-50(48)41-22-12-16-26-49(41)57-52/h5-34H,1-4H3. The first-order valence-corrected chi connectivity index (χ1v) is 19.9. The van der Waals surface area contributed by atoms with E-state index in [9.17, 15) is 0 Å². The predicted octanol–water partition coefficient (Wildman–Crippen LogP) is 15.1. The highest BCUT2D eigenvalue weighted by atomic mass is 16.3. The zero-order valence-electron chi connectivity index (χ0n) is 32.6. The van der Waals surface area contributed by atoms with E-state index in [0.29, 0.717) is 0 Å². The minimum absolute atomic E-state index is 0.184. The summed E-state index contributed by atoms with van der Waals surface area (Å²) in [5.41, 5.74) is 18.5. The smallest absolute Gasteiger partial charge is 0.142 e. The van der Waals surface area contributed by atoms with Crippen molar-refractivity contribution in [3.8, 4) is 22.3 Å². The van der Waals surface area contributed by atoms with Crippen LogP contribution < -0.4 is 9.80 Å². The van der Waals surface area contributed by atoms with E-state index in [1.807, 2.05) is 0 Å². The second-order valence-corrected chi connectivity index (χ2v) is 16.6. The van der Waals surface area contributed by atoms with Crippen LogP contribution in [0.2, 0.25) is 0 Å². The van der Waals surface area contributed by atoms with Crippen LogP contribution in [-0.4, -0.2) is 0 Å². The van der Waals surface area contributed by atoms with E-state index in [4.69, 9.17) is 4.42 Å². The highest BCUT2D eigenvalue weighted by molar-refractivity contribution is 6.17. The third-order valence-electron chi connectivity index (χ3n) is 12.6. The predicted molar refractivity (Wildman–Crippen MR) is 238 cm³/mol. The molecule has 2 aliphatic rings. The summed E-state index contributed by atoms with van der Waals surface area (Å²) in [5.74, 6) is 0. The maximum atomic E-state index is 6.89. The van der Waals surface area contributed by atoms with Gasteiger partial charge in [0.2, 0.25) is 0 Å². The Morgan fingerprint density at radius 1 is 0.474 bits per heavy atom. The summed E-state index contributed by atoms with van der Waals surface area (Å²) >= 11 is 0. The maximum Gasteiger partial charge on any atom is 0.142 e. The Kier molecular flexibility index (Phi) is 7.25. The Balaban J connectivity index is 1.08. The fourth-order valence-corrected chi connectivity index (χ4v) is 9.83. The molecule has 1 aliphatic carbocycles. The van der Waals surface area contributed by atoms with Gasteiger partial charge < -0.3 is 14.2 Å². The van der Waals surface area contributed by atoms with Crippen molar-refractivity contribution in [3.05, 3.63) is 204 Å². The normalized spacial score (nSPS) is 14.6. The lowest BCUT2D eigenvalue weighted by Crippen LogP contribution is -2.30. The van der Waals surface area contributed by atoms with Crippen LogP contribution in [0.4, 0.5) is 34.1 Å². The van der Waals surface area contributed by atoms with Crippen molar-refractivity contribution in [1.82, 2.24) is 0 Å². The molecule has 11 rings (SSSR count). The van der Waals surface area contributed by atoms with Crippen LogP contribution in [0.1, 0.15) is 49.9 Å². The zero-order valence-corrected chi connectivity index (χ0v) is 32.6. The summed E-state index contributed by atoms with van der Waals surface area (Å²) in [7, 11) is 0. The molecule has 9 aromatic rings. The number of nitrogens with zero attached hydrogens (tertiary/aromatic N) is 2. The third kappa shape index (κ3) is 4.91. The number of para-hydroxylation sites is 4. The third-order valence-corrected chi connectivity index (χ3v) is 12.6. The first-order valence-electron chi connectivity index (χ1n) is 19.9. The Morgan fingerprint density at radius 3 is 1.88 bits per heavy atom. The molecule has 57 heavy (non-hydrogen) atoms. The molecule has 0 fully saturated rings. The van der Waals surface area contributed by atoms with E-state index >= 15 is 0 Å². The topological polar surface area (TPSA) is 19.6 Å². The molecular formula is C54H42N2O. The molecule has 0 saturated heterocycles. The summed E-state index contributed by atoms with van der Waals surface area (Å²) in [6, 6.07) is 66.2. The van der Waals surface area contributed by atoms with Gasteiger partial charge in [0.1, 0.15) is 11.2 Å². The van der Waals surface area contributed by atoms with Gasteiger partial charge in [-0.3, -0.25) is 0 Å². The molecule has 0 saturated carbocycles. The zero-order chi connectivity index (χ0) is 38.5. The number of benzene rings is 8. The number of hydrogen-bond donors (Lipinski definition) is 0. The fourth-order valence-electron chi connectivity index (χ4n) is 9.83. The average molecular weight is 735 g/mol. The average Bonchev–Trinajstić information content (AvgIpc) is 3.74. The van der Waals surface area contributed by atoms with Gasteiger partial charge in [-0.1, -0.05) is 143 Å². The second kappa shape index (κ2) is 12.3. The number of hydrogen-bond acceptors (Lipinski definition) is 3. The minimum Gasteiger partial charge on any atom is -0.456 e. The van der Waals surface area contributed by atoms with Crippen molar-refractivity contribution in [2.45, 2.75) is 38.5 Å². The van der Waals surface area contributed by atoms with Crippen LogP contribution >= 0.6 is 0 Å². The molecule has 274 valence electrons. The van der Waals surface area contributed by atoms with Crippen LogP contribution in [0.15, 0.2) is 186 Å². The molecule has 0 radical (unpaired) electrons. The monoisotopic (exact) mass is 734 g/mol. The van der Waals surface area contributed by atoms with E-state index in [1.54, 1.807) is 0 Å². The Hall–Kier alpha value is -6.84. The first kappa shape index (κ1) is 33.5. The summed E-state index contributed by atoms with van der Waals surface area (Å²) in [4.78, 5) is 4.82. The van der Waals surface area contributed by atoms with Crippen LogP contribution in [0.3, 0.4) is 0 Å². The van der Waals surface area contributed by atoms with Crippen molar-refractivity contribution in [2.24, 2.45) is 0 Å². The highest BCUT2D eigenvalue weighted by Gasteiger charge is 2.40. The van der Waals surface area contributed by atoms with Gasteiger partial charge in [0.15, 0.2) is 0 Å². The van der Waals surface area contributed by atoms with Gasteiger partial charge in [0.05, 0.1) is 22.4 Å². The highest BCUT2D eigenvalue weighted by Crippen LogP contribution is 2.57. The van der Waals surface area contributed by atoms with E-state index in [0.717, 1.165) is 44.7 Å². The van der Waals surface area contributed by atoms with Crippen molar-refractivity contribution in [2.75, 3.05) is 9.80 Å². The lowest BCUT2D eigenvalue weighted by Gasteiger charge is -2.42. The summed E-state index contributed by atoms with van der Waals surface area (Å²) < 4.78 is 6.89. The fraction of sp³-hybridized carbons (Fsp3) is 0.111. The lowest BCUT2D eigenvalue weighted by molar-refractivity contribution is 0.620. The van der Waals surface area contributed by atoms with Crippen molar-refractivity contribution in [3.63, 3.8) is 0 Å². The van der Waals surface area contributed by atoms with Gasteiger partial charge in [0, 0.05) is 38.8 Å². The van der Waals surface area contributed by atoms with Crippen molar-refractivity contribution in [1.29, 1.82) is 0 Å². The maximum absolute atomic E-state index is 6.89. The summed E-state index contributed by atoms with van der Waals surface area (Å²) in [6.07, 6.45) is 0. The van der Waals surface area contributed by atoms with E-state index in [2.05, 4.69) is 219 Å². The van der Waals surface area contributed by atoms with Gasteiger partial charge >= 0.3 is 0 Å². The molecule has 0 N–H and O–H groups in total. The number of anilines is 6. The van der Waals surface area contributed by atoms with Gasteiger partial charge in [-0.2, -0.15) is 0 Å². The molecule has 1 aliphatic heterocycles. The molecule has 0 amide bonds. The number of fused-ring (bicyclic) bond motifs is 9. The molecule has 1 aromatic heterocycles. The largest absolute Gasteiger partial charge is 0.456 e. The molecule has 2 heterocycles. The Labute approximate surface area is 334 Å². The molecule has 0 bridgehead atoms. The SMILES string of the molecule is CC1(C)c2ccccc2N(c2ccccc2)c2ccc(-c3ccc(N(c4ccccc4)c4cc5c(c6oc7ccccc7c46)C(C)(C)c4ccccc4-5)cc3)cc21. The van der Waals surface area contributed by atoms with Gasteiger partial charge in [-0.05, 0) is 106 Å². The summed E-state index contributed by atoms with van der Waals surface area (Å²) in [6.45, 7) is 9.37. The van der Waals surface area contributed by atoms with Gasteiger partial charge in [-0.15, -0.1) is 0 Å². The molecular weight excluding hydrogens is 693 g/mol. The van der Waals surface area contributed by atoms with Crippen molar-refractivity contribution >= 4 is 56.1 Å². The van der Waals surface area contributed by atoms with E-state index in [1.165, 1.54) is 55.9 Å².